The number of carboxylic acid groups (broad SMARTS) is 1. The molecule has 0 heterocycles. The van der Waals surface area contributed by atoms with E-state index in [4.69, 9.17) is 14.6 Å². The molecule has 9 heteroatoms. The predicted molar refractivity (Wildman–Crippen MR) is 122 cm³/mol. The van der Waals surface area contributed by atoms with Crippen molar-refractivity contribution in [2.24, 2.45) is 0 Å². The first-order valence-corrected chi connectivity index (χ1v) is 10.6. The lowest BCUT2D eigenvalue weighted by molar-refractivity contribution is -0.138. The SMILES string of the molecule is COc1ccc(CC(=O)O)cc1Oc1ccc(C(F)(F)F)cc1CN(Cc1ccccc1)C(C)=O. The Morgan fingerprint density at radius 2 is 1.57 bits per heavy atom. The van der Waals surface area contributed by atoms with E-state index in [1.807, 2.05) is 30.3 Å². The average molecular weight is 487 g/mol. The molecule has 35 heavy (non-hydrogen) atoms. The summed E-state index contributed by atoms with van der Waals surface area (Å²) in [4.78, 5) is 24.8. The van der Waals surface area contributed by atoms with Gasteiger partial charge in [0.2, 0.25) is 5.91 Å². The molecule has 3 aromatic rings. The van der Waals surface area contributed by atoms with Gasteiger partial charge in [-0.2, -0.15) is 13.2 Å². The van der Waals surface area contributed by atoms with Gasteiger partial charge >= 0.3 is 12.1 Å². The molecule has 0 atom stereocenters. The van der Waals surface area contributed by atoms with E-state index in [1.165, 1.54) is 37.1 Å². The van der Waals surface area contributed by atoms with E-state index in [0.29, 0.717) is 5.56 Å². The Labute approximate surface area is 200 Å². The fourth-order valence-electron chi connectivity index (χ4n) is 3.47. The van der Waals surface area contributed by atoms with Crippen LogP contribution in [0.3, 0.4) is 0 Å². The summed E-state index contributed by atoms with van der Waals surface area (Å²) in [5, 5.41) is 9.08. The monoisotopic (exact) mass is 487 g/mol. The highest BCUT2D eigenvalue weighted by atomic mass is 19.4. The van der Waals surface area contributed by atoms with Gasteiger partial charge in [0.1, 0.15) is 5.75 Å². The Bertz CT molecular complexity index is 1200. The van der Waals surface area contributed by atoms with Gasteiger partial charge in [-0.25, -0.2) is 0 Å². The molecule has 3 aromatic carbocycles. The number of nitrogens with zero attached hydrogens (tertiary/aromatic N) is 1. The highest BCUT2D eigenvalue weighted by molar-refractivity contribution is 5.73. The van der Waals surface area contributed by atoms with E-state index in [0.717, 1.165) is 17.7 Å². The van der Waals surface area contributed by atoms with Crippen molar-refractivity contribution in [2.45, 2.75) is 32.6 Å². The van der Waals surface area contributed by atoms with Gasteiger partial charge in [0, 0.05) is 25.6 Å². The van der Waals surface area contributed by atoms with Gasteiger partial charge in [0.25, 0.3) is 0 Å². The number of carbonyl (C=O) groups is 2. The van der Waals surface area contributed by atoms with Crippen LogP contribution >= 0.6 is 0 Å². The van der Waals surface area contributed by atoms with Crippen molar-refractivity contribution in [3.8, 4) is 17.2 Å². The van der Waals surface area contributed by atoms with Crippen LogP contribution in [0.25, 0.3) is 0 Å². The van der Waals surface area contributed by atoms with Crippen LogP contribution in [0.5, 0.6) is 17.2 Å². The lowest BCUT2D eigenvalue weighted by atomic mass is 10.1. The number of methoxy groups -OCH3 is 1. The summed E-state index contributed by atoms with van der Waals surface area (Å²) in [6.45, 7) is 1.40. The zero-order valence-electron chi connectivity index (χ0n) is 19.1. The maximum Gasteiger partial charge on any atom is 0.416 e. The van der Waals surface area contributed by atoms with Crippen molar-refractivity contribution in [3.05, 3.63) is 89.0 Å². The number of amides is 1. The molecule has 0 radical (unpaired) electrons. The van der Waals surface area contributed by atoms with Crippen LogP contribution in [0.2, 0.25) is 0 Å². The van der Waals surface area contributed by atoms with Crippen molar-refractivity contribution in [1.29, 1.82) is 0 Å². The van der Waals surface area contributed by atoms with Crippen LogP contribution in [0, 0.1) is 0 Å². The van der Waals surface area contributed by atoms with Crippen molar-refractivity contribution in [1.82, 2.24) is 4.90 Å². The molecule has 0 aliphatic rings. The Balaban J connectivity index is 2.00. The molecular formula is C26H24F3NO5. The molecule has 0 aliphatic carbocycles. The normalized spacial score (nSPS) is 11.1. The molecular weight excluding hydrogens is 463 g/mol. The third-order valence-electron chi connectivity index (χ3n) is 5.21. The van der Waals surface area contributed by atoms with Crippen molar-refractivity contribution in [2.75, 3.05) is 7.11 Å². The minimum Gasteiger partial charge on any atom is -0.493 e. The van der Waals surface area contributed by atoms with Crippen molar-refractivity contribution < 1.29 is 37.3 Å². The molecule has 0 aromatic heterocycles. The van der Waals surface area contributed by atoms with Crippen LogP contribution in [0.15, 0.2) is 66.7 Å². The maximum absolute atomic E-state index is 13.5. The Kier molecular flexibility index (Phi) is 8.01. The Hall–Kier alpha value is -4.01. The molecule has 0 bridgehead atoms. The van der Waals surface area contributed by atoms with Crippen molar-refractivity contribution in [3.63, 3.8) is 0 Å². The maximum atomic E-state index is 13.5. The number of carbonyl (C=O) groups excluding carboxylic acids is 1. The number of aliphatic carboxylic acids is 1. The summed E-state index contributed by atoms with van der Waals surface area (Å²) in [6, 6.07) is 16.6. The van der Waals surface area contributed by atoms with E-state index in [-0.39, 0.29) is 48.2 Å². The van der Waals surface area contributed by atoms with Crippen LogP contribution in [-0.2, 0) is 35.3 Å². The largest absolute Gasteiger partial charge is 0.493 e. The molecule has 3 rings (SSSR count). The first kappa shape index (κ1) is 25.6. The fourth-order valence-corrected chi connectivity index (χ4v) is 3.47. The summed E-state index contributed by atoms with van der Waals surface area (Å²) < 4.78 is 51.6. The van der Waals surface area contributed by atoms with Crippen molar-refractivity contribution >= 4 is 11.9 Å². The Morgan fingerprint density at radius 1 is 0.886 bits per heavy atom. The summed E-state index contributed by atoms with van der Waals surface area (Å²) in [6.07, 6.45) is -4.86. The average Bonchev–Trinajstić information content (AvgIpc) is 2.79. The zero-order valence-corrected chi connectivity index (χ0v) is 19.1. The third-order valence-corrected chi connectivity index (χ3v) is 5.21. The van der Waals surface area contributed by atoms with Gasteiger partial charge < -0.3 is 19.5 Å². The minimum absolute atomic E-state index is 0.0862. The third kappa shape index (κ3) is 6.99. The van der Waals surface area contributed by atoms with Gasteiger partial charge in [-0.3, -0.25) is 9.59 Å². The van der Waals surface area contributed by atoms with Gasteiger partial charge in [0.15, 0.2) is 11.5 Å². The number of halogens is 3. The van der Waals surface area contributed by atoms with Gasteiger partial charge in [-0.05, 0) is 41.5 Å². The molecule has 184 valence electrons. The predicted octanol–water partition coefficient (Wildman–Crippen LogP) is 5.68. The van der Waals surface area contributed by atoms with E-state index in [2.05, 4.69) is 0 Å². The standard InChI is InChI=1S/C26H24F3NO5/c1-17(31)30(15-18-6-4-3-5-7-18)16-20-14-21(26(27,28)29)9-11-22(20)35-24-12-19(13-25(32)33)8-10-23(24)34-2/h3-12,14H,13,15-16H2,1-2H3,(H,32,33). The summed E-state index contributed by atoms with van der Waals surface area (Å²) in [5.74, 6) is -0.863. The molecule has 0 spiro atoms. The second-order valence-corrected chi connectivity index (χ2v) is 7.84. The quantitative estimate of drug-likeness (QED) is 0.420. The van der Waals surface area contributed by atoms with Gasteiger partial charge in [-0.15, -0.1) is 0 Å². The van der Waals surface area contributed by atoms with Crippen LogP contribution in [-0.4, -0.2) is 29.0 Å². The Morgan fingerprint density at radius 3 is 2.17 bits per heavy atom. The van der Waals surface area contributed by atoms with E-state index < -0.39 is 17.7 Å². The van der Waals surface area contributed by atoms with E-state index >= 15 is 0 Å². The van der Waals surface area contributed by atoms with Crippen LogP contribution in [0.4, 0.5) is 13.2 Å². The van der Waals surface area contributed by atoms with Gasteiger partial charge in [0.05, 0.1) is 19.1 Å². The summed E-state index contributed by atoms with van der Waals surface area (Å²) >= 11 is 0. The summed E-state index contributed by atoms with van der Waals surface area (Å²) in [5.41, 5.74) is 0.502. The molecule has 1 N–H and O–H groups in total. The second-order valence-electron chi connectivity index (χ2n) is 7.84. The molecule has 0 aliphatic heterocycles. The highest BCUT2D eigenvalue weighted by Gasteiger charge is 2.31. The lowest BCUT2D eigenvalue weighted by Gasteiger charge is -2.24. The molecule has 0 fully saturated rings. The number of carboxylic acids is 1. The first-order valence-electron chi connectivity index (χ1n) is 10.6. The molecule has 0 saturated heterocycles. The number of rotatable bonds is 9. The number of alkyl halides is 3. The zero-order chi connectivity index (χ0) is 25.6. The van der Waals surface area contributed by atoms with Gasteiger partial charge in [-0.1, -0.05) is 36.4 Å². The van der Waals surface area contributed by atoms with E-state index in [9.17, 15) is 22.8 Å². The second kappa shape index (κ2) is 10.9. The molecule has 1 amide bonds. The number of benzene rings is 3. The number of hydrogen-bond donors (Lipinski definition) is 1. The molecule has 0 unspecified atom stereocenters. The topological polar surface area (TPSA) is 76.1 Å². The molecule has 0 saturated carbocycles. The smallest absolute Gasteiger partial charge is 0.416 e. The summed E-state index contributed by atoms with van der Waals surface area (Å²) in [7, 11) is 1.39. The van der Waals surface area contributed by atoms with Crippen LogP contribution < -0.4 is 9.47 Å². The van der Waals surface area contributed by atoms with Crippen LogP contribution in [0.1, 0.15) is 29.2 Å². The first-order chi connectivity index (χ1) is 16.6. The molecule has 6 nitrogen and oxygen atoms in total. The minimum atomic E-state index is -4.59. The lowest BCUT2D eigenvalue weighted by Crippen LogP contribution is -2.28. The fraction of sp³-hybridized carbons (Fsp3) is 0.231. The number of hydrogen-bond acceptors (Lipinski definition) is 4. The van der Waals surface area contributed by atoms with E-state index in [1.54, 1.807) is 6.07 Å². The number of ether oxygens (including phenoxy) is 2. The highest BCUT2D eigenvalue weighted by Crippen LogP contribution is 2.38.